The van der Waals surface area contributed by atoms with Crippen LogP contribution in [-0.2, 0) is 6.54 Å². The molecule has 1 atom stereocenters. The molecule has 0 saturated heterocycles. The molecule has 2 aromatic carbocycles. The largest absolute Gasteiger partial charge is 0.505 e. The number of phenols is 1. The molecule has 21 heavy (non-hydrogen) atoms. The van der Waals surface area contributed by atoms with Gasteiger partial charge in [0, 0.05) is 18.2 Å². The molecule has 0 bridgehead atoms. The fourth-order valence-corrected chi connectivity index (χ4v) is 2.27. The second-order valence-electron chi connectivity index (χ2n) is 4.96. The zero-order valence-corrected chi connectivity index (χ0v) is 11.6. The van der Waals surface area contributed by atoms with Crippen LogP contribution in [-0.4, -0.2) is 11.9 Å². The van der Waals surface area contributed by atoms with Crippen LogP contribution in [0.2, 0.25) is 0 Å². The van der Waals surface area contributed by atoms with E-state index in [1.165, 1.54) is 6.07 Å². The van der Waals surface area contributed by atoms with Crippen molar-refractivity contribution in [3.8, 4) is 17.2 Å². The van der Waals surface area contributed by atoms with Crippen LogP contribution in [0.4, 0.5) is 4.39 Å². The van der Waals surface area contributed by atoms with E-state index < -0.39 is 5.82 Å². The van der Waals surface area contributed by atoms with Crippen LogP contribution in [0.3, 0.4) is 0 Å². The fraction of sp³-hybridized carbons (Fsp3) is 0.250. The topological polar surface area (TPSA) is 50.7 Å². The lowest BCUT2D eigenvalue weighted by Crippen LogP contribution is -2.18. The Labute approximate surface area is 122 Å². The lowest BCUT2D eigenvalue weighted by Gasteiger charge is -2.15. The van der Waals surface area contributed by atoms with Crippen LogP contribution in [0.1, 0.15) is 24.1 Å². The minimum Gasteiger partial charge on any atom is -0.505 e. The van der Waals surface area contributed by atoms with Gasteiger partial charge in [-0.15, -0.1) is 0 Å². The van der Waals surface area contributed by atoms with Gasteiger partial charge < -0.3 is 19.9 Å². The van der Waals surface area contributed by atoms with Gasteiger partial charge in [-0.2, -0.15) is 0 Å². The van der Waals surface area contributed by atoms with Crippen molar-refractivity contribution in [1.82, 2.24) is 5.32 Å². The maximum absolute atomic E-state index is 13.3. The molecule has 0 radical (unpaired) electrons. The summed E-state index contributed by atoms with van der Waals surface area (Å²) >= 11 is 0. The van der Waals surface area contributed by atoms with E-state index in [0.29, 0.717) is 12.1 Å². The standard InChI is InChI=1S/C16H16FNO3/c1-10(11-5-6-14-15(7-11)21-9-20-14)18-8-12-3-2-4-13(17)16(12)19/h2-7,10,18-19H,8-9H2,1H3. The molecule has 0 amide bonds. The Kier molecular flexibility index (Phi) is 3.66. The molecule has 1 unspecified atom stereocenters. The first kappa shape index (κ1) is 13.7. The number of ether oxygens (including phenoxy) is 2. The van der Waals surface area contributed by atoms with Gasteiger partial charge in [0.25, 0.3) is 0 Å². The first-order valence-corrected chi connectivity index (χ1v) is 6.74. The Morgan fingerprint density at radius 1 is 1.24 bits per heavy atom. The van der Waals surface area contributed by atoms with Gasteiger partial charge in [0.2, 0.25) is 6.79 Å². The van der Waals surface area contributed by atoms with Gasteiger partial charge in [-0.1, -0.05) is 18.2 Å². The van der Waals surface area contributed by atoms with Crippen LogP contribution < -0.4 is 14.8 Å². The van der Waals surface area contributed by atoms with E-state index in [0.717, 1.165) is 17.1 Å². The molecule has 4 nitrogen and oxygen atoms in total. The summed E-state index contributed by atoms with van der Waals surface area (Å²) in [6.07, 6.45) is 0. The average molecular weight is 289 g/mol. The maximum Gasteiger partial charge on any atom is 0.231 e. The maximum atomic E-state index is 13.3. The Bertz CT molecular complexity index is 660. The number of benzene rings is 2. The lowest BCUT2D eigenvalue weighted by molar-refractivity contribution is 0.174. The van der Waals surface area contributed by atoms with E-state index in [1.54, 1.807) is 12.1 Å². The molecule has 0 aromatic heterocycles. The van der Waals surface area contributed by atoms with Crippen LogP contribution >= 0.6 is 0 Å². The van der Waals surface area contributed by atoms with Crippen LogP contribution in [0.5, 0.6) is 17.2 Å². The van der Waals surface area contributed by atoms with Crippen molar-refractivity contribution in [2.45, 2.75) is 19.5 Å². The molecule has 1 aliphatic heterocycles. The second kappa shape index (κ2) is 5.61. The minimum absolute atomic E-state index is 0.0298. The van der Waals surface area contributed by atoms with Gasteiger partial charge in [0.05, 0.1) is 0 Å². The predicted octanol–water partition coefficient (Wildman–Crippen LogP) is 3.11. The summed E-state index contributed by atoms with van der Waals surface area (Å²) in [7, 11) is 0. The van der Waals surface area contributed by atoms with Crippen LogP contribution in [0.15, 0.2) is 36.4 Å². The number of nitrogens with one attached hydrogen (secondary N) is 1. The van der Waals surface area contributed by atoms with Crippen molar-refractivity contribution in [2.75, 3.05) is 6.79 Å². The third kappa shape index (κ3) is 2.78. The minimum atomic E-state index is -0.606. The highest BCUT2D eigenvalue weighted by Gasteiger charge is 2.16. The Balaban J connectivity index is 1.69. The van der Waals surface area contributed by atoms with E-state index in [1.807, 2.05) is 25.1 Å². The van der Waals surface area contributed by atoms with Crippen molar-refractivity contribution in [2.24, 2.45) is 0 Å². The Morgan fingerprint density at radius 3 is 2.90 bits per heavy atom. The molecule has 5 heteroatoms. The third-order valence-corrected chi connectivity index (χ3v) is 3.57. The molecule has 0 saturated carbocycles. The number of para-hydroxylation sites is 1. The number of hydrogen-bond donors (Lipinski definition) is 2. The van der Waals surface area contributed by atoms with E-state index in [9.17, 15) is 9.50 Å². The molecule has 1 aliphatic rings. The number of aromatic hydroxyl groups is 1. The summed E-state index contributed by atoms with van der Waals surface area (Å²) in [5.41, 5.74) is 1.57. The summed E-state index contributed by atoms with van der Waals surface area (Å²) in [6, 6.07) is 10.3. The summed E-state index contributed by atoms with van der Waals surface area (Å²) in [5, 5.41) is 12.9. The van der Waals surface area contributed by atoms with Gasteiger partial charge in [-0.05, 0) is 30.7 Å². The number of fused-ring (bicyclic) bond motifs is 1. The third-order valence-electron chi connectivity index (χ3n) is 3.57. The van der Waals surface area contributed by atoms with Crippen LogP contribution in [0, 0.1) is 5.82 Å². The molecular weight excluding hydrogens is 273 g/mol. The first-order valence-electron chi connectivity index (χ1n) is 6.74. The van der Waals surface area contributed by atoms with Crippen molar-refractivity contribution in [3.05, 3.63) is 53.3 Å². The first-order chi connectivity index (χ1) is 10.1. The molecule has 2 N–H and O–H groups in total. The van der Waals surface area contributed by atoms with Gasteiger partial charge in [-0.3, -0.25) is 0 Å². The quantitative estimate of drug-likeness (QED) is 0.908. The number of hydrogen-bond acceptors (Lipinski definition) is 4. The van der Waals surface area contributed by atoms with E-state index in [2.05, 4.69) is 5.32 Å². The predicted molar refractivity (Wildman–Crippen MR) is 75.9 cm³/mol. The number of rotatable bonds is 4. The van der Waals surface area contributed by atoms with E-state index in [-0.39, 0.29) is 18.6 Å². The molecule has 0 aliphatic carbocycles. The molecule has 2 aromatic rings. The van der Waals surface area contributed by atoms with E-state index >= 15 is 0 Å². The lowest BCUT2D eigenvalue weighted by atomic mass is 10.1. The van der Waals surface area contributed by atoms with Crippen molar-refractivity contribution < 1.29 is 19.0 Å². The fourth-order valence-electron chi connectivity index (χ4n) is 2.27. The van der Waals surface area contributed by atoms with Crippen molar-refractivity contribution in [1.29, 1.82) is 0 Å². The van der Waals surface area contributed by atoms with Gasteiger partial charge in [0.1, 0.15) is 0 Å². The molecule has 0 spiro atoms. The molecule has 0 fully saturated rings. The number of halogens is 1. The molecular formula is C16H16FNO3. The summed E-state index contributed by atoms with van der Waals surface area (Å²) in [6.45, 7) is 2.62. The van der Waals surface area contributed by atoms with Gasteiger partial charge in [0.15, 0.2) is 23.1 Å². The zero-order chi connectivity index (χ0) is 14.8. The normalized spacial score (nSPS) is 14.2. The van der Waals surface area contributed by atoms with Gasteiger partial charge >= 0.3 is 0 Å². The van der Waals surface area contributed by atoms with Gasteiger partial charge in [-0.25, -0.2) is 4.39 Å². The van der Waals surface area contributed by atoms with Crippen molar-refractivity contribution >= 4 is 0 Å². The highest BCUT2D eigenvalue weighted by atomic mass is 19.1. The Morgan fingerprint density at radius 2 is 2.05 bits per heavy atom. The molecule has 3 rings (SSSR count). The second-order valence-corrected chi connectivity index (χ2v) is 4.96. The zero-order valence-electron chi connectivity index (χ0n) is 11.6. The summed E-state index contributed by atoms with van der Waals surface area (Å²) in [5.74, 6) is 0.566. The van der Waals surface area contributed by atoms with Crippen LogP contribution in [0.25, 0.3) is 0 Å². The van der Waals surface area contributed by atoms with Crippen molar-refractivity contribution in [3.63, 3.8) is 0 Å². The number of phenolic OH excluding ortho intramolecular Hbond substituents is 1. The molecule has 1 heterocycles. The summed E-state index contributed by atoms with van der Waals surface area (Å²) in [4.78, 5) is 0. The Hall–Kier alpha value is -2.27. The average Bonchev–Trinajstić information content (AvgIpc) is 2.96. The molecule has 110 valence electrons. The smallest absolute Gasteiger partial charge is 0.231 e. The monoisotopic (exact) mass is 289 g/mol. The SMILES string of the molecule is CC(NCc1cccc(F)c1O)c1ccc2c(c1)OCO2. The highest BCUT2D eigenvalue weighted by molar-refractivity contribution is 5.45. The summed E-state index contributed by atoms with van der Waals surface area (Å²) < 4.78 is 23.9. The van der Waals surface area contributed by atoms with E-state index in [4.69, 9.17) is 9.47 Å². The highest BCUT2D eigenvalue weighted by Crippen LogP contribution is 2.34.